The SMILES string of the molecule is Cc1cc(C(=O)NC(C)CN2CCCCC2)c2c(-c3ccc4c(c3)OCO4)noc2n1. The molecule has 2 aliphatic heterocycles. The van der Waals surface area contributed by atoms with Crippen molar-refractivity contribution >= 4 is 17.0 Å². The van der Waals surface area contributed by atoms with Gasteiger partial charge in [-0.25, -0.2) is 4.98 Å². The lowest BCUT2D eigenvalue weighted by Crippen LogP contribution is -2.43. The molecule has 8 heteroatoms. The van der Waals surface area contributed by atoms with Gasteiger partial charge in [-0.2, -0.15) is 0 Å². The number of hydrogen-bond donors (Lipinski definition) is 1. The minimum absolute atomic E-state index is 0.0305. The van der Waals surface area contributed by atoms with Gasteiger partial charge in [-0.3, -0.25) is 4.79 Å². The van der Waals surface area contributed by atoms with Gasteiger partial charge in [0.1, 0.15) is 5.69 Å². The molecule has 162 valence electrons. The zero-order valence-corrected chi connectivity index (χ0v) is 17.8. The van der Waals surface area contributed by atoms with Gasteiger partial charge >= 0.3 is 0 Å². The predicted molar refractivity (Wildman–Crippen MR) is 115 cm³/mol. The number of pyridine rings is 1. The minimum Gasteiger partial charge on any atom is -0.454 e. The molecule has 1 amide bonds. The van der Waals surface area contributed by atoms with E-state index in [4.69, 9.17) is 14.0 Å². The lowest BCUT2D eigenvalue weighted by atomic mass is 10.0. The van der Waals surface area contributed by atoms with Crippen LogP contribution in [0.15, 0.2) is 28.8 Å². The number of ether oxygens (including phenoxy) is 2. The van der Waals surface area contributed by atoms with E-state index in [0.29, 0.717) is 39.6 Å². The van der Waals surface area contributed by atoms with E-state index in [9.17, 15) is 4.79 Å². The summed E-state index contributed by atoms with van der Waals surface area (Å²) in [6, 6.07) is 7.38. The Morgan fingerprint density at radius 3 is 2.81 bits per heavy atom. The van der Waals surface area contributed by atoms with Crippen LogP contribution in [0.25, 0.3) is 22.4 Å². The van der Waals surface area contributed by atoms with Crippen molar-refractivity contribution in [3.8, 4) is 22.8 Å². The number of fused-ring (bicyclic) bond motifs is 2. The van der Waals surface area contributed by atoms with Gasteiger partial charge in [0.15, 0.2) is 11.5 Å². The summed E-state index contributed by atoms with van der Waals surface area (Å²) in [5.41, 5.74) is 2.91. The van der Waals surface area contributed by atoms with Crippen LogP contribution in [-0.4, -0.2) is 53.4 Å². The highest BCUT2D eigenvalue weighted by Crippen LogP contribution is 2.38. The van der Waals surface area contributed by atoms with Gasteiger partial charge in [0.05, 0.1) is 10.9 Å². The topological polar surface area (TPSA) is 89.7 Å². The van der Waals surface area contributed by atoms with Gasteiger partial charge in [0, 0.05) is 23.8 Å². The maximum atomic E-state index is 13.3. The van der Waals surface area contributed by atoms with Crippen LogP contribution in [0.4, 0.5) is 0 Å². The summed E-state index contributed by atoms with van der Waals surface area (Å²) in [7, 11) is 0. The molecule has 5 rings (SSSR count). The average molecular weight is 422 g/mol. The van der Waals surface area contributed by atoms with E-state index in [1.165, 1.54) is 19.3 Å². The van der Waals surface area contributed by atoms with Crippen LogP contribution in [0.5, 0.6) is 11.5 Å². The molecule has 0 bridgehead atoms. The molecule has 1 saturated heterocycles. The maximum absolute atomic E-state index is 13.3. The summed E-state index contributed by atoms with van der Waals surface area (Å²) in [5, 5.41) is 7.98. The van der Waals surface area contributed by atoms with E-state index < -0.39 is 0 Å². The van der Waals surface area contributed by atoms with Crippen molar-refractivity contribution < 1.29 is 18.8 Å². The van der Waals surface area contributed by atoms with Crippen LogP contribution in [0.2, 0.25) is 0 Å². The van der Waals surface area contributed by atoms with Crippen LogP contribution in [0.3, 0.4) is 0 Å². The summed E-state index contributed by atoms with van der Waals surface area (Å²) in [6.45, 7) is 7.12. The zero-order valence-electron chi connectivity index (χ0n) is 17.8. The highest BCUT2D eigenvalue weighted by Gasteiger charge is 2.24. The second kappa shape index (κ2) is 8.19. The largest absolute Gasteiger partial charge is 0.454 e. The standard InChI is InChI=1S/C23H26N4O4/c1-14-10-17(22(28)24-15(2)12-27-8-4-3-5-9-27)20-21(26-31-23(20)25-14)16-6-7-18-19(11-16)30-13-29-18/h6-7,10-11,15H,3-5,8-9,12-13H2,1-2H3,(H,24,28). The lowest BCUT2D eigenvalue weighted by Gasteiger charge is -2.29. The molecular formula is C23H26N4O4. The summed E-state index contributed by atoms with van der Waals surface area (Å²) in [5.74, 6) is 1.19. The van der Waals surface area contributed by atoms with Crippen molar-refractivity contribution in [2.75, 3.05) is 26.4 Å². The Balaban J connectivity index is 1.45. The Hall–Kier alpha value is -3.13. The van der Waals surface area contributed by atoms with Crippen molar-refractivity contribution in [1.29, 1.82) is 0 Å². The quantitative estimate of drug-likeness (QED) is 0.673. The fourth-order valence-electron chi connectivity index (χ4n) is 4.37. The third-order valence-electron chi connectivity index (χ3n) is 5.82. The van der Waals surface area contributed by atoms with Crippen molar-refractivity contribution in [1.82, 2.24) is 20.4 Å². The highest BCUT2D eigenvalue weighted by atomic mass is 16.7. The number of nitrogens with one attached hydrogen (secondary N) is 1. The second-order valence-electron chi connectivity index (χ2n) is 8.33. The van der Waals surface area contributed by atoms with Crippen LogP contribution >= 0.6 is 0 Å². The molecule has 2 aliphatic rings. The first kappa shape index (κ1) is 19.8. The van der Waals surface area contributed by atoms with Gasteiger partial charge in [-0.1, -0.05) is 11.6 Å². The van der Waals surface area contributed by atoms with Crippen molar-refractivity contribution in [3.05, 3.63) is 35.5 Å². The van der Waals surface area contributed by atoms with Crippen LogP contribution in [-0.2, 0) is 0 Å². The summed E-state index contributed by atoms with van der Waals surface area (Å²) in [6.07, 6.45) is 3.75. The third kappa shape index (κ3) is 3.95. The molecule has 1 atom stereocenters. The number of rotatable bonds is 5. The highest BCUT2D eigenvalue weighted by molar-refractivity contribution is 6.09. The van der Waals surface area contributed by atoms with Gasteiger partial charge < -0.3 is 24.2 Å². The first-order valence-electron chi connectivity index (χ1n) is 10.8. The molecule has 0 aliphatic carbocycles. The second-order valence-corrected chi connectivity index (χ2v) is 8.33. The molecule has 0 spiro atoms. The molecule has 31 heavy (non-hydrogen) atoms. The van der Waals surface area contributed by atoms with E-state index in [-0.39, 0.29) is 18.7 Å². The number of amides is 1. The van der Waals surface area contributed by atoms with E-state index in [2.05, 4.69) is 20.4 Å². The fourth-order valence-corrected chi connectivity index (χ4v) is 4.37. The molecule has 1 unspecified atom stereocenters. The molecule has 2 aromatic heterocycles. The van der Waals surface area contributed by atoms with Crippen LogP contribution < -0.4 is 14.8 Å². The number of nitrogens with zero attached hydrogens (tertiary/aromatic N) is 3. The van der Waals surface area contributed by atoms with Gasteiger partial charge in [-0.05, 0) is 64.0 Å². The molecule has 1 N–H and O–H groups in total. The average Bonchev–Trinajstić information content (AvgIpc) is 3.39. The number of carbonyl (C=O) groups excluding carboxylic acids is 1. The number of benzene rings is 1. The van der Waals surface area contributed by atoms with Gasteiger partial charge in [0.2, 0.25) is 6.79 Å². The predicted octanol–water partition coefficient (Wildman–Crippen LogP) is 3.53. The van der Waals surface area contributed by atoms with Gasteiger partial charge in [-0.15, -0.1) is 0 Å². The Morgan fingerprint density at radius 2 is 1.97 bits per heavy atom. The molecular weight excluding hydrogens is 396 g/mol. The monoisotopic (exact) mass is 422 g/mol. The zero-order chi connectivity index (χ0) is 21.4. The Morgan fingerprint density at radius 1 is 1.16 bits per heavy atom. The first-order chi connectivity index (χ1) is 15.1. The molecule has 0 saturated carbocycles. The molecule has 3 aromatic rings. The van der Waals surface area contributed by atoms with Crippen molar-refractivity contribution in [3.63, 3.8) is 0 Å². The molecule has 8 nitrogen and oxygen atoms in total. The number of likely N-dealkylation sites (tertiary alicyclic amines) is 1. The fraction of sp³-hybridized carbons (Fsp3) is 0.435. The Kier molecular flexibility index (Phi) is 5.23. The van der Waals surface area contributed by atoms with Crippen molar-refractivity contribution in [2.24, 2.45) is 0 Å². The third-order valence-corrected chi connectivity index (χ3v) is 5.82. The summed E-state index contributed by atoms with van der Waals surface area (Å²) in [4.78, 5) is 20.1. The van der Waals surface area contributed by atoms with Crippen LogP contribution in [0, 0.1) is 6.92 Å². The van der Waals surface area contributed by atoms with Gasteiger partial charge in [0.25, 0.3) is 11.6 Å². The molecule has 1 fully saturated rings. The van der Waals surface area contributed by atoms with E-state index in [1.54, 1.807) is 6.07 Å². The van der Waals surface area contributed by atoms with Crippen molar-refractivity contribution in [2.45, 2.75) is 39.2 Å². The Bertz CT molecular complexity index is 1120. The number of aromatic nitrogens is 2. The molecule has 1 aromatic carbocycles. The Labute approximate surface area is 180 Å². The number of piperidine rings is 1. The molecule has 0 radical (unpaired) electrons. The summed E-state index contributed by atoms with van der Waals surface area (Å²) < 4.78 is 16.4. The van der Waals surface area contributed by atoms with E-state index in [1.807, 2.05) is 32.0 Å². The molecule has 4 heterocycles. The minimum atomic E-state index is -0.148. The van der Waals surface area contributed by atoms with E-state index >= 15 is 0 Å². The number of hydrogen-bond acceptors (Lipinski definition) is 7. The summed E-state index contributed by atoms with van der Waals surface area (Å²) >= 11 is 0. The van der Waals surface area contributed by atoms with Crippen LogP contribution in [0.1, 0.15) is 42.2 Å². The smallest absolute Gasteiger partial charge is 0.259 e. The number of aryl methyl sites for hydroxylation is 1. The normalized spacial score (nSPS) is 17.1. The number of carbonyl (C=O) groups is 1. The van der Waals surface area contributed by atoms with E-state index in [0.717, 1.165) is 25.2 Å². The first-order valence-corrected chi connectivity index (χ1v) is 10.8. The maximum Gasteiger partial charge on any atom is 0.259 e. The lowest BCUT2D eigenvalue weighted by molar-refractivity contribution is 0.0927.